The van der Waals surface area contributed by atoms with Gasteiger partial charge in [0.2, 0.25) is 0 Å². The number of hydrogen-bond acceptors (Lipinski definition) is 4. The van der Waals surface area contributed by atoms with E-state index in [0.29, 0.717) is 23.5 Å². The lowest BCUT2D eigenvalue weighted by Crippen LogP contribution is -2.23. The highest BCUT2D eigenvalue weighted by atomic mass is 16.1. The van der Waals surface area contributed by atoms with E-state index in [1.807, 2.05) is 0 Å². The molecule has 0 aromatic carbocycles. The summed E-state index contributed by atoms with van der Waals surface area (Å²) in [5.41, 5.74) is 1.88. The van der Waals surface area contributed by atoms with Gasteiger partial charge in [-0.25, -0.2) is 9.97 Å². The maximum absolute atomic E-state index is 12.4. The molecule has 3 aromatic heterocycles. The SMILES string of the molecule is CC(C)Cn1cncc1Cn1cnc2cn(C)nc2c1=O. The minimum atomic E-state index is -0.127. The van der Waals surface area contributed by atoms with Crippen LogP contribution in [0.5, 0.6) is 0 Å². The van der Waals surface area contributed by atoms with Gasteiger partial charge in [0.05, 0.1) is 31.1 Å². The molecule has 110 valence electrons. The van der Waals surface area contributed by atoms with Crippen molar-refractivity contribution in [2.45, 2.75) is 26.9 Å². The Bertz CT molecular complexity index is 825. The predicted octanol–water partition coefficient (Wildman–Crippen LogP) is 1.03. The highest BCUT2D eigenvalue weighted by molar-refractivity contribution is 5.71. The van der Waals surface area contributed by atoms with Crippen molar-refractivity contribution in [1.82, 2.24) is 28.9 Å². The Hall–Kier alpha value is -2.44. The molecule has 0 saturated heterocycles. The first-order chi connectivity index (χ1) is 10.0. The number of imidazole rings is 1. The van der Waals surface area contributed by atoms with Crippen molar-refractivity contribution < 1.29 is 0 Å². The van der Waals surface area contributed by atoms with Gasteiger partial charge in [0.15, 0.2) is 5.52 Å². The van der Waals surface area contributed by atoms with Crippen molar-refractivity contribution in [3.63, 3.8) is 0 Å². The number of rotatable bonds is 4. The number of aromatic nitrogens is 6. The van der Waals surface area contributed by atoms with Crippen LogP contribution in [0.15, 0.2) is 29.8 Å². The lowest BCUT2D eigenvalue weighted by molar-refractivity contribution is 0.502. The van der Waals surface area contributed by atoms with Crippen molar-refractivity contribution in [3.05, 3.63) is 41.1 Å². The predicted molar refractivity (Wildman–Crippen MR) is 78.9 cm³/mol. The second-order valence-corrected chi connectivity index (χ2v) is 5.65. The lowest BCUT2D eigenvalue weighted by atomic mass is 10.2. The third-order valence-electron chi connectivity index (χ3n) is 3.30. The highest BCUT2D eigenvalue weighted by Crippen LogP contribution is 2.07. The van der Waals surface area contributed by atoms with Gasteiger partial charge in [-0.3, -0.25) is 14.0 Å². The molecule has 0 aliphatic carbocycles. The number of nitrogens with zero attached hydrogens (tertiary/aromatic N) is 6. The summed E-state index contributed by atoms with van der Waals surface area (Å²) in [6, 6.07) is 0. The molecule has 0 bridgehead atoms. The van der Waals surface area contributed by atoms with Gasteiger partial charge in [-0.1, -0.05) is 13.8 Å². The molecule has 21 heavy (non-hydrogen) atoms. The molecule has 0 radical (unpaired) electrons. The molecule has 7 nitrogen and oxygen atoms in total. The fourth-order valence-corrected chi connectivity index (χ4v) is 2.37. The largest absolute Gasteiger partial charge is 0.333 e. The molecule has 0 spiro atoms. The third kappa shape index (κ3) is 2.58. The van der Waals surface area contributed by atoms with E-state index in [1.54, 1.807) is 41.3 Å². The highest BCUT2D eigenvalue weighted by Gasteiger charge is 2.10. The molecule has 0 aliphatic heterocycles. The Morgan fingerprint density at radius 3 is 2.81 bits per heavy atom. The summed E-state index contributed by atoms with van der Waals surface area (Å²) in [6.45, 7) is 5.63. The Morgan fingerprint density at radius 2 is 2.05 bits per heavy atom. The minimum absolute atomic E-state index is 0.127. The number of fused-ring (bicyclic) bond motifs is 1. The number of hydrogen-bond donors (Lipinski definition) is 0. The molecule has 0 N–H and O–H groups in total. The first-order valence-electron chi connectivity index (χ1n) is 6.92. The van der Waals surface area contributed by atoms with Gasteiger partial charge < -0.3 is 4.57 Å². The Morgan fingerprint density at radius 1 is 1.24 bits per heavy atom. The van der Waals surface area contributed by atoms with Crippen LogP contribution in [-0.4, -0.2) is 28.9 Å². The van der Waals surface area contributed by atoms with Gasteiger partial charge in [0.25, 0.3) is 5.56 Å². The second kappa shape index (κ2) is 5.16. The van der Waals surface area contributed by atoms with Crippen molar-refractivity contribution in [3.8, 4) is 0 Å². The summed E-state index contributed by atoms with van der Waals surface area (Å²) >= 11 is 0. The average molecular weight is 286 g/mol. The van der Waals surface area contributed by atoms with E-state index in [1.165, 1.54) is 0 Å². The topological polar surface area (TPSA) is 70.5 Å². The van der Waals surface area contributed by atoms with Crippen LogP contribution in [0.4, 0.5) is 0 Å². The molecular formula is C14H18N6O. The number of aryl methyl sites for hydroxylation is 1. The molecule has 0 unspecified atom stereocenters. The summed E-state index contributed by atoms with van der Waals surface area (Å²) in [4.78, 5) is 20.9. The van der Waals surface area contributed by atoms with Gasteiger partial charge in [-0.15, -0.1) is 0 Å². The van der Waals surface area contributed by atoms with Crippen LogP contribution in [0.3, 0.4) is 0 Å². The van der Waals surface area contributed by atoms with Crippen LogP contribution in [-0.2, 0) is 20.1 Å². The van der Waals surface area contributed by atoms with E-state index in [-0.39, 0.29) is 5.56 Å². The molecule has 3 rings (SSSR count). The average Bonchev–Trinajstić information content (AvgIpc) is 2.99. The molecule has 3 heterocycles. The van der Waals surface area contributed by atoms with Crippen LogP contribution in [0.25, 0.3) is 11.0 Å². The molecule has 3 aromatic rings. The third-order valence-corrected chi connectivity index (χ3v) is 3.30. The van der Waals surface area contributed by atoms with Crippen molar-refractivity contribution >= 4 is 11.0 Å². The molecule has 0 fully saturated rings. The molecule has 0 atom stereocenters. The van der Waals surface area contributed by atoms with E-state index in [4.69, 9.17) is 0 Å². The Labute approximate surface area is 121 Å². The summed E-state index contributed by atoms with van der Waals surface area (Å²) in [6.07, 6.45) is 6.90. The van der Waals surface area contributed by atoms with Crippen LogP contribution in [0.1, 0.15) is 19.5 Å². The van der Waals surface area contributed by atoms with E-state index in [2.05, 4.69) is 33.5 Å². The quantitative estimate of drug-likeness (QED) is 0.718. The second-order valence-electron chi connectivity index (χ2n) is 5.65. The smallest absolute Gasteiger partial charge is 0.282 e. The van der Waals surface area contributed by atoms with E-state index < -0.39 is 0 Å². The van der Waals surface area contributed by atoms with E-state index >= 15 is 0 Å². The van der Waals surface area contributed by atoms with Gasteiger partial charge in [0, 0.05) is 19.8 Å². The maximum atomic E-state index is 12.4. The molecule has 7 heteroatoms. The first-order valence-corrected chi connectivity index (χ1v) is 6.92. The van der Waals surface area contributed by atoms with Crippen LogP contribution in [0.2, 0.25) is 0 Å². The normalized spacial score (nSPS) is 11.6. The molecule has 0 amide bonds. The van der Waals surface area contributed by atoms with Gasteiger partial charge in [0.1, 0.15) is 5.52 Å². The van der Waals surface area contributed by atoms with Gasteiger partial charge >= 0.3 is 0 Å². The fraction of sp³-hybridized carbons (Fsp3) is 0.429. The van der Waals surface area contributed by atoms with Crippen LogP contribution < -0.4 is 5.56 Å². The Balaban J connectivity index is 1.97. The van der Waals surface area contributed by atoms with Crippen molar-refractivity contribution in [1.29, 1.82) is 0 Å². The van der Waals surface area contributed by atoms with Crippen LogP contribution in [0, 0.1) is 5.92 Å². The fourth-order valence-electron chi connectivity index (χ4n) is 2.37. The zero-order valence-corrected chi connectivity index (χ0v) is 12.4. The zero-order valence-electron chi connectivity index (χ0n) is 12.4. The van der Waals surface area contributed by atoms with Crippen molar-refractivity contribution in [2.24, 2.45) is 13.0 Å². The standard InChI is InChI=1S/C14H18N6O/c1-10(2)5-19-8-15-4-11(19)6-20-9-16-12-7-18(3)17-13(12)14(20)21/h4,7-10H,5-6H2,1-3H3. The van der Waals surface area contributed by atoms with Crippen LogP contribution >= 0.6 is 0 Å². The van der Waals surface area contributed by atoms with E-state index in [0.717, 1.165) is 12.2 Å². The van der Waals surface area contributed by atoms with Gasteiger partial charge in [-0.05, 0) is 5.92 Å². The van der Waals surface area contributed by atoms with Crippen molar-refractivity contribution in [2.75, 3.05) is 0 Å². The molecule has 0 aliphatic rings. The molecule has 0 saturated carbocycles. The lowest BCUT2D eigenvalue weighted by Gasteiger charge is -2.11. The Kier molecular flexibility index (Phi) is 3.32. The minimum Gasteiger partial charge on any atom is -0.333 e. The molecular weight excluding hydrogens is 268 g/mol. The summed E-state index contributed by atoms with van der Waals surface area (Å²) < 4.78 is 5.25. The summed E-state index contributed by atoms with van der Waals surface area (Å²) in [5, 5.41) is 4.17. The monoisotopic (exact) mass is 286 g/mol. The first kappa shape index (κ1) is 13.5. The maximum Gasteiger partial charge on any atom is 0.282 e. The van der Waals surface area contributed by atoms with E-state index in [9.17, 15) is 4.79 Å². The van der Waals surface area contributed by atoms with Gasteiger partial charge in [-0.2, -0.15) is 5.10 Å². The zero-order chi connectivity index (χ0) is 15.0. The summed E-state index contributed by atoms with van der Waals surface area (Å²) in [7, 11) is 1.78. The summed E-state index contributed by atoms with van der Waals surface area (Å²) in [5.74, 6) is 0.520.